The Hall–Kier alpha value is -1.36. The second-order valence-corrected chi connectivity index (χ2v) is 6.87. The first kappa shape index (κ1) is 16.0. The number of amides is 1. The fourth-order valence-electron chi connectivity index (χ4n) is 2.81. The average molecular weight is 309 g/mol. The lowest BCUT2D eigenvalue weighted by atomic mass is 9.78. The minimum absolute atomic E-state index is 0.198. The van der Waals surface area contributed by atoms with Gasteiger partial charge < -0.3 is 10.1 Å². The molecule has 0 spiro atoms. The highest BCUT2D eigenvalue weighted by molar-refractivity contribution is 7.12. The molecular formula is C16H23NO3S. The molecule has 2 rings (SSSR count). The quantitative estimate of drug-likeness (QED) is 0.869. The van der Waals surface area contributed by atoms with Crippen LogP contribution in [-0.4, -0.2) is 24.5 Å². The summed E-state index contributed by atoms with van der Waals surface area (Å²) in [7, 11) is 0. The molecule has 1 aromatic heterocycles. The van der Waals surface area contributed by atoms with E-state index in [1.54, 1.807) is 0 Å². The van der Waals surface area contributed by atoms with Gasteiger partial charge in [0.1, 0.15) is 4.88 Å². The number of rotatable bonds is 4. The number of thiophene rings is 1. The highest BCUT2D eigenvalue weighted by atomic mass is 32.1. The molecule has 0 bridgehead atoms. The first-order chi connectivity index (χ1) is 9.99. The summed E-state index contributed by atoms with van der Waals surface area (Å²) in [5.41, 5.74) is 0.889. The van der Waals surface area contributed by atoms with Crippen molar-refractivity contribution >= 4 is 23.2 Å². The summed E-state index contributed by atoms with van der Waals surface area (Å²) in [6, 6.07) is 2.07. The minimum atomic E-state index is -0.414. The van der Waals surface area contributed by atoms with Crippen molar-refractivity contribution in [3.8, 4) is 0 Å². The molecule has 0 saturated heterocycles. The largest absolute Gasteiger partial charge is 0.451 e. The van der Waals surface area contributed by atoms with Crippen molar-refractivity contribution < 1.29 is 14.3 Å². The van der Waals surface area contributed by atoms with E-state index in [9.17, 15) is 9.59 Å². The van der Waals surface area contributed by atoms with Gasteiger partial charge in [0.15, 0.2) is 6.61 Å². The Bertz CT molecular complexity index is 511. The first-order valence-corrected chi connectivity index (χ1v) is 8.37. The van der Waals surface area contributed by atoms with Crippen LogP contribution in [0, 0.1) is 18.8 Å². The van der Waals surface area contributed by atoms with Gasteiger partial charge in [-0.2, -0.15) is 0 Å². The Morgan fingerprint density at radius 2 is 2.14 bits per heavy atom. The SMILES string of the molecule is Cc1ccsc1C(=O)OCC(=O)N[C@H]1CCC[C@@H](C)[C@@H]1C. The lowest BCUT2D eigenvalue weighted by Crippen LogP contribution is -2.45. The number of hydrogen-bond acceptors (Lipinski definition) is 4. The van der Waals surface area contributed by atoms with Crippen molar-refractivity contribution in [2.75, 3.05) is 6.61 Å². The van der Waals surface area contributed by atoms with E-state index in [1.165, 1.54) is 17.8 Å². The molecule has 0 unspecified atom stereocenters. The maximum Gasteiger partial charge on any atom is 0.349 e. The predicted octanol–water partition coefficient (Wildman–Crippen LogP) is 3.15. The summed E-state index contributed by atoms with van der Waals surface area (Å²) in [5.74, 6) is 0.476. The Morgan fingerprint density at radius 3 is 2.81 bits per heavy atom. The van der Waals surface area contributed by atoms with Gasteiger partial charge in [0.25, 0.3) is 5.91 Å². The molecule has 0 aromatic carbocycles. The first-order valence-electron chi connectivity index (χ1n) is 7.49. The van der Waals surface area contributed by atoms with Crippen LogP contribution in [0.3, 0.4) is 0 Å². The third-order valence-corrected chi connectivity index (χ3v) is 5.43. The Kier molecular flexibility index (Phi) is 5.39. The molecule has 21 heavy (non-hydrogen) atoms. The van der Waals surface area contributed by atoms with E-state index in [1.807, 2.05) is 18.4 Å². The number of carbonyl (C=O) groups excluding carboxylic acids is 2. The molecule has 4 nitrogen and oxygen atoms in total. The van der Waals surface area contributed by atoms with Crippen LogP contribution in [0.2, 0.25) is 0 Å². The summed E-state index contributed by atoms with van der Waals surface area (Å²) in [6.45, 7) is 6.06. The third kappa shape index (κ3) is 4.06. The van der Waals surface area contributed by atoms with Crippen LogP contribution in [0.15, 0.2) is 11.4 Å². The van der Waals surface area contributed by atoms with Crippen molar-refractivity contribution in [3.63, 3.8) is 0 Å². The number of carbonyl (C=O) groups is 2. The van der Waals surface area contributed by atoms with Crippen LogP contribution in [0.4, 0.5) is 0 Å². The van der Waals surface area contributed by atoms with E-state index in [2.05, 4.69) is 19.2 Å². The maximum absolute atomic E-state index is 11.9. The monoisotopic (exact) mass is 309 g/mol. The molecule has 1 aliphatic rings. The van der Waals surface area contributed by atoms with Crippen LogP contribution >= 0.6 is 11.3 Å². The van der Waals surface area contributed by atoms with Crippen LogP contribution in [0.25, 0.3) is 0 Å². The highest BCUT2D eigenvalue weighted by Crippen LogP contribution is 2.29. The summed E-state index contributed by atoms with van der Waals surface area (Å²) >= 11 is 1.34. The van der Waals surface area contributed by atoms with Gasteiger partial charge in [0.2, 0.25) is 0 Å². The molecule has 1 amide bonds. The minimum Gasteiger partial charge on any atom is -0.451 e. The van der Waals surface area contributed by atoms with E-state index in [-0.39, 0.29) is 18.6 Å². The van der Waals surface area contributed by atoms with Crippen LogP contribution in [-0.2, 0) is 9.53 Å². The Balaban J connectivity index is 1.80. The van der Waals surface area contributed by atoms with Gasteiger partial charge in [-0.3, -0.25) is 4.79 Å². The van der Waals surface area contributed by atoms with Crippen LogP contribution in [0.1, 0.15) is 48.3 Å². The zero-order valence-corrected chi connectivity index (χ0v) is 13.7. The van der Waals surface area contributed by atoms with E-state index in [0.29, 0.717) is 16.7 Å². The number of hydrogen-bond donors (Lipinski definition) is 1. The molecule has 1 aliphatic carbocycles. The predicted molar refractivity (Wildman–Crippen MR) is 83.4 cm³/mol. The number of esters is 1. The van der Waals surface area contributed by atoms with Gasteiger partial charge in [-0.05, 0) is 42.2 Å². The van der Waals surface area contributed by atoms with Crippen LogP contribution in [0.5, 0.6) is 0 Å². The molecule has 1 saturated carbocycles. The fraction of sp³-hybridized carbons (Fsp3) is 0.625. The fourth-order valence-corrected chi connectivity index (χ4v) is 3.63. The van der Waals surface area contributed by atoms with Crippen molar-refractivity contribution in [1.82, 2.24) is 5.32 Å². The number of nitrogens with one attached hydrogen (secondary N) is 1. The second kappa shape index (κ2) is 7.07. The van der Waals surface area contributed by atoms with Gasteiger partial charge in [0.05, 0.1) is 0 Å². The molecule has 3 atom stereocenters. The third-order valence-electron chi connectivity index (χ3n) is 4.44. The molecule has 1 N–H and O–H groups in total. The van der Waals surface area contributed by atoms with Gasteiger partial charge in [0, 0.05) is 6.04 Å². The smallest absolute Gasteiger partial charge is 0.349 e. The van der Waals surface area contributed by atoms with Crippen molar-refractivity contribution in [1.29, 1.82) is 0 Å². The van der Waals surface area contributed by atoms with Gasteiger partial charge in [-0.1, -0.05) is 26.7 Å². The van der Waals surface area contributed by atoms with Gasteiger partial charge in [-0.25, -0.2) is 4.79 Å². The van der Waals surface area contributed by atoms with Crippen LogP contribution < -0.4 is 5.32 Å². The average Bonchev–Trinajstić information content (AvgIpc) is 2.87. The lowest BCUT2D eigenvalue weighted by Gasteiger charge is -2.34. The maximum atomic E-state index is 11.9. The molecule has 0 radical (unpaired) electrons. The Morgan fingerprint density at radius 1 is 1.38 bits per heavy atom. The highest BCUT2D eigenvalue weighted by Gasteiger charge is 2.28. The van der Waals surface area contributed by atoms with Crippen molar-refractivity contribution in [2.24, 2.45) is 11.8 Å². The molecule has 1 aromatic rings. The summed E-state index contributed by atoms with van der Waals surface area (Å²) in [5, 5.41) is 4.85. The molecular weight excluding hydrogens is 286 g/mol. The zero-order chi connectivity index (χ0) is 15.4. The molecule has 0 aliphatic heterocycles. The standard InChI is InChI=1S/C16H23NO3S/c1-10-5-4-6-13(12(10)3)17-14(18)9-20-16(19)15-11(2)7-8-21-15/h7-8,10,12-13H,4-6,9H2,1-3H3,(H,17,18)/t10-,12+,13+/m1/s1. The summed E-state index contributed by atoms with van der Waals surface area (Å²) in [6.07, 6.45) is 3.38. The molecule has 1 heterocycles. The zero-order valence-electron chi connectivity index (χ0n) is 12.8. The number of aryl methyl sites for hydroxylation is 1. The van der Waals surface area contributed by atoms with Crippen molar-refractivity contribution in [3.05, 3.63) is 21.9 Å². The van der Waals surface area contributed by atoms with Gasteiger partial charge in [-0.15, -0.1) is 11.3 Å². The normalized spacial score (nSPS) is 25.4. The molecule has 116 valence electrons. The lowest BCUT2D eigenvalue weighted by molar-refractivity contribution is -0.125. The van der Waals surface area contributed by atoms with Crippen molar-refractivity contribution in [2.45, 2.75) is 46.1 Å². The summed E-state index contributed by atoms with van der Waals surface area (Å²) in [4.78, 5) is 24.4. The summed E-state index contributed by atoms with van der Waals surface area (Å²) < 4.78 is 5.09. The molecule has 1 fully saturated rings. The topological polar surface area (TPSA) is 55.4 Å². The van der Waals surface area contributed by atoms with E-state index in [0.717, 1.165) is 18.4 Å². The Labute approximate surface area is 129 Å². The molecule has 5 heteroatoms. The second-order valence-electron chi connectivity index (χ2n) is 5.95. The van der Waals surface area contributed by atoms with E-state index in [4.69, 9.17) is 4.74 Å². The number of ether oxygens (including phenoxy) is 1. The van der Waals surface area contributed by atoms with E-state index >= 15 is 0 Å². The van der Waals surface area contributed by atoms with E-state index < -0.39 is 5.97 Å². The van der Waals surface area contributed by atoms with Gasteiger partial charge >= 0.3 is 5.97 Å².